The van der Waals surface area contributed by atoms with E-state index in [0.29, 0.717) is 30.3 Å². The molecule has 0 aromatic heterocycles. The summed E-state index contributed by atoms with van der Waals surface area (Å²) in [5, 5.41) is 0. The molecule has 4 atom stereocenters. The predicted molar refractivity (Wildman–Crippen MR) is 61.4 cm³/mol. The summed E-state index contributed by atoms with van der Waals surface area (Å²) in [7, 11) is 0. The van der Waals surface area contributed by atoms with E-state index in [9.17, 15) is 4.79 Å². The van der Waals surface area contributed by atoms with E-state index in [-0.39, 0.29) is 11.9 Å². The average molecular weight is 212 g/mol. The summed E-state index contributed by atoms with van der Waals surface area (Å²) in [6, 6.07) is 0. The first-order chi connectivity index (χ1) is 6.99. The zero-order valence-corrected chi connectivity index (χ0v) is 10.6. The molecule has 0 aromatic rings. The number of esters is 1. The fourth-order valence-electron chi connectivity index (χ4n) is 3.32. The Kier molecular flexibility index (Phi) is 4.18. The minimum Gasteiger partial charge on any atom is -0.466 e. The summed E-state index contributed by atoms with van der Waals surface area (Å²) < 4.78 is 5.19. The second kappa shape index (κ2) is 5.00. The van der Waals surface area contributed by atoms with E-state index in [4.69, 9.17) is 4.74 Å². The molecule has 0 saturated heterocycles. The third kappa shape index (κ3) is 2.53. The lowest BCUT2D eigenvalue weighted by atomic mass is 9.80. The van der Waals surface area contributed by atoms with Crippen LogP contribution in [0.5, 0.6) is 0 Å². The molecule has 2 heteroatoms. The van der Waals surface area contributed by atoms with Crippen LogP contribution in [0.1, 0.15) is 41.0 Å². The van der Waals surface area contributed by atoms with Crippen LogP contribution in [0.3, 0.4) is 0 Å². The Bertz CT molecular complexity index is 223. The number of rotatable bonds is 3. The number of hydrogen-bond acceptors (Lipinski definition) is 2. The van der Waals surface area contributed by atoms with Gasteiger partial charge in [-0.05, 0) is 37.0 Å². The van der Waals surface area contributed by atoms with Crippen molar-refractivity contribution in [2.24, 2.45) is 29.6 Å². The van der Waals surface area contributed by atoms with Gasteiger partial charge in [-0.25, -0.2) is 0 Å². The predicted octanol–water partition coefficient (Wildman–Crippen LogP) is 3.11. The molecule has 0 aromatic carbocycles. The highest BCUT2D eigenvalue weighted by atomic mass is 16.5. The summed E-state index contributed by atoms with van der Waals surface area (Å²) in [5.74, 6) is 2.34. The quantitative estimate of drug-likeness (QED) is 0.672. The lowest BCUT2D eigenvalue weighted by Gasteiger charge is -2.26. The minimum atomic E-state index is 0.0213. The van der Waals surface area contributed by atoms with Crippen molar-refractivity contribution in [2.45, 2.75) is 41.0 Å². The molecule has 1 aliphatic rings. The van der Waals surface area contributed by atoms with Crippen LogP contribution in [0.15, 0.2) is 0 Å². The third-order valence-electron chi connectivity index (χ3n) is 3.76. The zero-order chi connectivity index (χ0) is 11.6. The van der Waals surface area contributed by atoms with E-state index >= 15 is 0 Å². The first kappa shape index (κ1) is 12.5. The fraction of sp³-hybridized carbons (Fsp3) is 0.923. The van der Waals surface area contributed by atoms with Crippen LogP contribution < -0.4 is 0 Å². The van der Waals surface area contributed by atoms with Crippen molar-refractivity contribution in [3.8, 4) is 0 Å². The van der Waals surface area contributed by atoms with Crippen LogP contribution in [0.4, 0.5) is 0 Å². The van der Waals surface area contributed by atoms with Gasteiger partial charge < -0.3 is 4.74 Å². The standard InChI is InChI=1S/C13H24O2/c1-6-15-13(14)12-10(5)7-9(4)11(12)8(2)3/h8-12H,6-7H2,1-5H3. The normalized spacial score (nSPS) is 35.9. The van der Waals surface area contributed by atoms with E-state index < -0.39 is 0 Å². The van der Waals surface area contributed by atoms with Crippen LogP contribution in [-0.4, -0.2) is 12.6 Å². The maximum atomic E-state index is 11.9. The lowest BCUT2D eigenvalue weighted by Crippen LogP contribution is -2.30. The number of ether oxygens (including phenoxy) is 1. The molecule has 0 spiro atoms. The Morgan fingerprint density at radius 1 is 1.33 bits per heavy atom. The van der Waals surface area contributed by atoms with Gasteiger partial charge in [0.15, 0.2) is 0 Å². The second-order valence-corrected chi connectivity index (χ2v) is 5.29. The SMILES string of the molecule is CCOC(=O)C1C(C)CC(C)C1C(C)C. The van der Waals surface area contributed by atoms with Gasteiger partial charge in [-0.15, -0.1) is 0 Å². The van der Waals surface area contributed by atoms with E-state index in [2.05, 4.69) is 27.7 Å². The maximum absolute atomic E-state index is 11.9. The van der Waals surface area contributed by atoms with Gasteiger partial charge in [-0.1, -0.05) is 27.7 Å². The molecule has 0 bridgehead atoms. The smallest absolute Gasteiger partial charge is 0.309 e. The monoisotopic (exact) mass is 212 g/mol. The average Bonchev–Trinajstić information content (AvgIpc) is 2.41. The van der Waals surface area contributed by atoms with Crippen molar-refractivity contribution in [2.75, 3.05) is 6.61 Å². The molecule has 0 amide bonds. The zero-order valence-electron chi connectivity index (χ0n) is 10.6. The van der Waals surface area contributed by atoms with Crippen molar-refractivity contribution in [3.63, 3.8) is 0 Å². The van der Waals surface area contributed by atoms with E-state index in [1.165, 1.54) is 0 Å². The summed E-state index contributed by atoms with van der Waals surface area (Å²) in [6.45, 7) is 11.3. The van der Waals surface area contributed by atoms with E-state index in [0.717, 1.165) is 6.42 Å². The first-order valence-corrected chi connectivity index (χ1v) is 6.15. The molecule has 0 radical (unpaired) electrons. The minimum absolute atomic E-state index is 0.0213. The fourth-order valence-corrected chi connectivity index (χ4v) is 3.32. The highest BCUT2D eigenvalue weighted by Gasteiger charge is 2.44. The maximum Gasteiger partial charge on any atom is 0.309 e. The van der Waals surface area contributed by atoms with Crippen molar-refractivity contribution >= 4 is 5.97 Å². The van der Waals surface area contributed by atoms with Gasteiger partial charge in [0, 0.05) is 0 Å². The molecule has 1 aliphatic carbocycles. The molecule has 4 unspecified atom stereocenters. The molecule has 0 aliphatic heterocycles. The summed E-state index contributed by atoms with van der Waals surface area (Å²) in [5.41, 5.74) is 0. The van der Waals surface area contributed by atoms with E-state index in [1.807, 2.05) is 6.92 Å². The van der Waals surface area contributed by atoms with Crippen molar-refractivity contribution < 1.29 is 9.53 Å². The molecule has 2 nitrogen and oxygen atoms in total. The lowest BCUT2D eigenvalue weighted by molar-refractivity contribution is -0.151. The number of carbonyl (C=O) groups excluding carboxylic acids is 1. The van der Waals surface area contributed by atoms with Gasteiger partial charge in [0.1, 0.15) is 0 Å². The van der Waals surface area contributed by atoms with Gasteiger partial charge in [-0.2, -0.15) is 0 Å². The number of carbonyl (C=O) groups is 1. The van der Waals surface area contributed by atoms with Crippen molar-refractivity contribution in [3.05, 3.63) is 0 Å². The van der Waals surface area contributed by atoms with Crippen LogP contribution in [0.2, 0.25) is 0 Å². The van der Waals surface area contributed by atoms with Crippen molar-refractivity contribution in [1.82, 2.24) is 0 Å². The summed E-state index contributed by atoms with van der Waals surface area (Å²) in [4.78, 5) is 11.9. The molecule has 0 heterocycles. The Morgan fingerprint density at radius 2 is 1.93 bits per heavy atom. The van der Waals surface area contributed by atoms with Crippen LogP contribution >= 0.6 is 0 Å². The molecule has 0 N–H and O–H groups in total. The Hall–Kier alpha value is -0.530. The Labute approximate surface area is 93.4 Å². The molecule has 15 heavy (non-hydrogen) atoms. The van der Waals surface area contributed by atoms with Crippen molar-refractivity contribution in [1.29, 1.82) is 0 Å². The molecular formula is C13H24O2. The molecule has 1 rings (SSSR count). The highest BCUT2D eigenvalue weighted by Crippen LogP contribution is 2.45. The van der Waals surface area contributed by atoms with Crippen LogP contribution in [0.25, 0.3) is 0 Å². The van der Waals surface area contributed by atoms with Gasteiger partial charge in [0.25, 0.3) is 0 Å². The van der Waals surface area contributed by atoms with Gasteiger partial charge in [0.05, 0.1) is 12.5 Å². The third-order valence-corrected chi connectivity index (χ3v) is 3.76. The topological polar surface area (TPSA) is 26.3 Å². The first-order valence-electron chi connectivity index (χ1n) is 6.15. The Morgan fingerprint density at radius 3 is 2.40 bits per heavy atom. The summed E-state index contributed by atoms with van der Waals surface area (Å²) in [6.07, 6.45) is 1.16. The second-order valence-electron chi connectivity index (χ2n) is 5.29. The van der Waals surface area contributed by atoms with E-state index in [1.54, 1.807) is 0 Å². The summed E-state index contributed by atoms with van der Waals surface area (Å²) >= 11 is 0. The number of hydrogen-bond donors (Lipinski definition) is 0. The van der Waals surface area contributed by atoms with Gasteiger partial charge in [-0.3, -0.25) is 4.79 Å². The van der Waals surface area contributed by atoms with Crippen LogP contribution in [0, 0.1) is 29.6 Å². The Balaban J connectivity index is 2.78. The molecular weight excluding hydrogens is 188 g/mol. The molecule has 1 fully saturated rings. The van der Waals surface area contributed by atoms with Gasteiger partial charge >= 0.3 is 5.97 Å². The van der Waals surface area contributed by atoms with Gasteiger partial charge in [0.2, 0.25) is 0 Å². The van der Waals surface area contributed by atoms with Crippen LogP contribution in [-0.2, 0) is 9.53 Å². The largest absolute Gasteiger partial charge is 0.466 e. The molecule has 88 valence electrons. The highest BCUT2D eigenvalue weighted by molar-refractivity contribution is 5.73. The molecule has 1 saturated carbocycles.